The number of carbonyl (C=O) groups excluding carboxylic acids is 1. The van der Waals surface area contributed by atoms with E-state index in [0.717, 1.165) is 29.5 Å². The summed E-state index contributed by atoms with van der Waals surface area (Å²) in [5.74, 6) is 1.56. The molecule has 0 unspecified atom stereocenters. The number of aromatic nitrogens is 3. The van der Waals surface area contributed by atoms with Gasteiger partial charge in [-0.05, 0) is 38.8 Å². The molecule has 7 heteroatoms. The molecule has 23 heavy (non-hydrogen) atoms. The number of carbonyl (C=O) groups is 1. The lowest BCUT2D eigenvalue weighted by atomic mass is 10.3. The molecule has 0 spiro atoms. The third kappa shape index (κ3) is 3.67. The maximum absolute atomic E-state index is 12.4. The van der Waals surface area contributed by atoms with E-state index in [1.54, 1.807) is 13.2 Å². The molecule has 6 nitrogen and oxygen atoms in total. The molecule has 1 aliphatic carbocycles. The first-order valence-corrected chi connectivity index (χ1v) is 8.49. The van der Waals surface area contributed by atoms with Crippen LogP contribution in [0.25, 0.3) is 0 Å². The van der Waals surface area contributed by atoms with Gasteiger partial charge >= 0.3 is 0 Å². The highest BCUT2D eigenvalue weighted by molar-refractivity contribution is 8.00. The molecule has 1 atom stereocenters. The van der Waals surface area contributed by atoms with Gasteiger partial charge < -0.3 is 14.6 Å². The highest BCUT2D eigenvalue weighted by Crippen LogP contribution is 2.39. The topological polar surface area (TPSA) is 69.0 Å². The molecule has 0 radical (unpaired) electrons. The summed E-state index contributed by atoms with van der Waals surface area (Å²) in [5, 5.41) is 11.8. The minimum atomic E-state index is -0.262. The van der Waals surface area contributed by atoms with E-state index in [2.05, 4.69) is 20.1 Å². The molecule has 1 N–H and O–H groups in total. The van der Waals surface area contributed by atoms with Gasteiger partial charge in [0.1, 0.15) is 11.6 Å². The molecule has 1 saturated carbocycles. The van der Waals surface area contributed by atoms with Crippen molar-refractivity contribution in [2.45, 2.75) is 43.1 Å². The van der Waals surface area contributed by atoms with E-state index in [-0.39, 0.29) is 11.2 Å². The van der Waals surface area contributed by atoms with E-state index in [1.807, 2.05) is 32.0 Å². The molecule has 3 rings (SSSR count). The molecule has 122 valence electrons. The maximum Gasteiger partial charge on any atom is 0.237 e. The maximum atomic E-state index is 12.4. The number of nitrogens with zero attached hydrogens (tertiary/aromatic N) is 3. The van der Waals surface area contributed by atoms with E-state index in [1.165, 1.54) is 11.8 Å². The van der Waals surface area contributed by atoms with Crippen molar-refractivity contribution in [1.82, 2.24) is 14.8 Å². The number of hydrogen-bond donors (Lipinski definition) is 1. The minimum Gasteiger partial charge on any atom is -0.497 e. The summed E-state index contributed by atoms with van der Waals surface area (Å²) in [4.78, 5) is 12.4. The average Bonchev–Trinajstić information content (AvgIpc) is 3.31. The number of benzene rings is 1. The zero-order chi connectivity index (χ0) is 16.4. The Morgan fingerprint density at radius 2 is 2.22 bits per heavy atom. The second-order valence-electron chi connectivity index (χ2n) is 5.61. The van der Waals surface area contributed by atoms with Crippen LogP contribution >= 0.6 is 11.8 Å². The van der Waals surface area contributed by atoms with Crippen LogP contribution < -0.4 is 10.1 Å². The smallest absolute Gasteiger partial charge is 0.237 e. The number of ether oxygens (including phenoxy) is 1. The minimum absolute atomic E-state index is 0.0637. The number of anilines is 1. The van der Waals surface area contributed by atoms with E-state index >= 15 is 0 Å². The summed E-state index contributed by atoms with van der Waals surface area (Å²) in [7, 11) is 1.60. The van der Waals surface area contributed by atoms with E-state index < -0.39 is 0 Å². The van der Waals surface area contributed by atoms with Crippen molar-refractivity contribution in [1.29, 1.82) is 0 Å². The first-order chi connectivity index (χ1) is 11.1. The monoisotopic (exact) mass is 332 g/mol. The van der Waals surface area contributed by atoms with E-state index in [9.17, 15) is 4.79 Å². The van der Waals surface area contributed by atoms with Crippen molar-refractivity contribution in [3.05, 3.63) is 30.1 Å². The van der Waals surface area contributed by atoms with Crippen molar-refractivity contribution >= 4 is 23.4 Å². The molecule has 1 fully saturated rings. The largest absolute Gasteiger partial charge is 0.497 e. The Kier molecular flexibility index (Phi) is 4.56. The fourth-order valence-corrected chi connectivity index (χ4v) is 3.30. The lowest BCUT2D eigenvalue weighted by Gasteiger charge is -2.13. The molecule has 1 aromatic carbocycles. The molecular formula is C16H20N4O2S. The summed E-state index contributed by atoms with van der Waals surface area (Å²) in [6.45, 7) is 3.83. The van der Waals surface area contributed by atoms with Crippen LogP contribution in [0.3, 0.4) is 0 Å². The van der Waals surface area contributed by atoms with Gasteiger partial charge in [0.2, 0.25) is 5.91 Å². The van der Waals surface area contributed by atoms with Crippen LogP contribution in [-0.4, -0.2) is 33.0 Å². The number of rotatable bonds is 6. The lowest BCUT2D eigenvalue weighted by Crippen LogP contribution is -2.23. The van der Waals surface area contributed by atoms with Crippen LogP contribution in [0, 0.1) is 6.92 Å². The molecule has 1 heterocycles. The number of methoxy groups -OCH3 is 1. The van der Waals surface area contributed by atoms with Crippen molar-refractivity contribution in [3.8, 4) is 5.75 Å². The molecule has 0 bridgehead atoms. The number of amides is 1. The third-order valence-corrected chi connectivity index (χ3v) is 4.79. The first kappa shape index (κ1) is 15.9. The summed E-state index contributed by atoms with van der Waals surface area (Å²) >= 11 is 1.44. The number of aryl methyl sites for hydroxylation is 1. The predicted octanol–water partition coefficient (Wildman–Crippen LogP) is 3.05. The van der Waals surface area contributed by atoms with Gasteiger partial charge in [-0.1, -0.05) is 17.8 Å². The lowest BCUT2D eigenvalue weighted by molar-refractivity contribution is -0.115. The third-order valence-electron chi connectivity index (χ3n) is 3.74. The number of thioether (sulfide) groups is 1. The van der Waals surface area contributed by atoms with Gasteiger partial charge in [-0.25, -0.2) is 0 Å². The van der Waals surface area contributed by atoms with Gasteiger partial charge in [0.15, 0.2) is 5.16 Å². The van der Waals surface area contributed by atoms with Crippen molar-refractivity contribution in [3.63, 3.8) is 0 Å². The van der Waals surface area contributed by atoms with Crippen LogP contribution in [0.2, 0.25) is 0 Å². The highest BCUT2D eigenvalue weighted by Gasteiger charge is 2.29. The molecule has 0 aliphatic heterocycles. The van der Waals surface area contributed by atoms with Crippen LogP contribution in [-0.2, 0) is 4.79 Å². The Labute approximate surface area is 139 Å². The molecule has 2 aromatic rings. The molecular weight excluding hydrogens is 312 g/mol. The Morgan fingerprint density at radius 1 is 1.43 bits per heavy atom. The SMILES string of the molecule is COc1cccc(NC(=O)[C@H](C)Sc2nnc(C)n2C2CC2)c1. The molecule has 0 saturated heterocycles. The molecule has 1 aromatic heterocycles. The standard InChI is InChI=1S/C16H20N4O2S/c1-10(15(21)17-12-5-4-6-14(9-12)22-3)23-16-19-18-11(2)20(16)13-7-8-13/h4-6,9-10,13H,7-8H2,1-3H3,(H,17,21)/t10-/m0/s1. The van der Waals surface area contributed by atoms with Crippen LogP contribution in [0.4, 0.5) is 5.69 Å². The van der Waals surface area contributed by atoms with E-state index in [0.29, 0.717) is 11.8 Å². The second kappa shape index (κ2) is 6.62. The van der Waals surface area contributed by atoms with Gasteiger partial charge in [-0.3, -0.25) is 4.79 Å². The molecule has 1 amide bonds. The van der Waals surface area contributed by atoms with Crippen molar-refractivity contribution in [2.24, 2.45) is 0 Å². The normalized spacial score (nSPS) is 15.3. The Balaban J connectivity index is 1.65. The van der Waals surface area contributed by atoms with Crippen LogP contribution in [0.1, 0.15) is 31.6 Å². The number of nitrogens with one attached hydrogen (secondary N) is 1. The van der Waals surface area contributed by atoms with Gasteiger partial charge in [-0.15, -0.1) is 10.2 Å². The Bertz CT molecular complexity index is 712. The second-order valence-corrected chi connectivity index (χ2v) is 6.92. The predicted molar refractivity (Wildman–Crippen MR) is 90.0 cm³/mol. The zero-order valence-corrected chi connectivity index (χ0v) is 14.3. The fraction of sp³-hybridized carbons (Fsp3) is 0.438. The van der Waals surface area contributed by atoms with Gasteiger partial charge in [-0.2, -0.15) is 0 Å². The van der Waals surface area contributed by atoms with Gasteiger partial charge in [0, 0.05) is 17.8 Å². The fourth-order valence-electron chi connectivity index (χ4n) is 2.34. The van der Waals surface area contributed by atoms with Gasteiger partial charge in [0.25, 0.3) is 0 Å². The van der Waals surface area contributed by atoms with Gasteiger partial charge in [0.05, 0.1) is 12.4 Å². The first-order valence-electron chi connectivity index (χ1n) is 7.61. The quantitative estimate of drug-likeness (QED) is 0.823. The van der Waals surface area contributed by atoms with Crippen LogP contribution in [0.15, 0.2) is 29.4 Å². The Hall–Kier alpha value is -2.02. The molecule has 1 aliphatic rings. The van der Waals surface area contributed by atoms with E-state index in [4.69, 9.17) is 4.74 Å². The average molecular weight is 332 g/mol. The summed E-state index contributed by atoms with van der Waals surface area (Å²) < 4.78 is 7.31. The Morgan fingerprint density at radius 3 is 2.91 bits per heavy atom. The van der Waals surface area contributed by atoms with Crippen LogP contribution in [0.5, 0.6) is 5.75 Å². The highest BCUT2D eigenvalue weighted by atomic mass is 32.2. The summed E-state index contributed by atoms with van der Waals surface area (Å²) in [6.07, 6.45) is 2.33. The van der Waals surface area contributed by atoms with Crippen molar-refractivity contribution in [2.75, 3.05) is 12.4 Å². The summed E-state index contributed by atoms with van der Waals surface area (Å²) in [5.41, 5.74) is 0.724. The zero-order valence-electron chi connectivity index (χ0n) is 13.4. The summed E-state index contributed by atoms with van der Waals surface area (Å²) in [6, 6.07) is 7.83. The van der Waals surface area contributed by atoms with Crippen molar-refractivity contribution < 1.29 is 9.53 Å². The number of hydrogen-bond acceptors (Lipinski definition) is 5.